The second-order valence-electron chi connectivity index (χ2n) is 6.11. The van der Waals surface area contributed by atoms with E-state index in [0.717, 1.165) is 16.5 Å². The van der Waals surface area contributed by atoms with Crippen LogP contribution in [0.4, 0.5) is 0 Å². The zero-order valence-corrected chi connectivity index (χ0v) is 15.0. The van der Waals surface area contributed by atoms with Crippen molar-refractivity contribution in [2.75, 3.05) is 20.2 Å². The summed E-state index contributed by atoms with van der Waals surface area (Å²) in [6, 6.07) is 14.9. The Bertz CT molecular complexity index is 936. The lowest BCUT2D eigenvalue weighted by atomic mass is 10.1. The van der Waals surface area contributed by atoms with Gasteiger partial charge in [-0.15, -0.1) is 0 Å². The standard InChI is InChI=1S/C20H20ClNO3/c1-14-7-8-16-15(12-20(23)25-19(16)11-14)13-22(2)9-10-24-18-6-4-3-5-17(18)21/h3-8,11-12H,9-10,13H2,1-2H3. The number of fused-ring (bicyclic) bond motifs is 1. The van der Waals surface area contributed by atoms with Crippen molar-refractivity contribution < 1.29 is 9.15 Å². The highest BCUT2D eigenvalue weighted by molar-refractivity contribution is 6.32. The van der Waals surface area contributed by atoms with E-state index in [1.165, 1.54) is 0 Å². The van der Waals surface area contributed by atoms with Crippen molar-refractivity contribution in [2.24, 2.45) is 0 Å². The molecule has 0 saturated heterocycles. The molecule has 1 heterocycles. The van der Waals surface area contributed by atoms with Crippen molar-refractivity contribution in [3.8, 4) is 5.75 Å². The first-order valence-corrected chi connectivity index (χ1v) is 8.50. The quantitative estimate of drug-likeness (QED) is 0.618. The Hall–Kier alpha value is -2.30. The fraction of sp³-hybridized carbons (Fsp3) is 0.250. The van der Waals surface area contributed by atoms with Gasteiger partial charge in [0.15, 0.2) is 0 Å². The van der Waals surface area contributed by atoms with Crippen molar-refractivity contribution in [3.05, 3.63) is 75.1 Å². The minimum Gasteiger partial charge on any atom is -0.491 e. The van der Waals surface area contributed by atoms with E-state index in [4.69, 9.17) is 20.8 Å². The van der Waals surface area contributed by atoms with E-state index in [0.29, 0.717) is 36.1 Å². The molecular weight excluding hydrogens is 338 g/mol. The van der Waals surface area contributed by atoms with Crippen molar-refractivity contribution in [1.82, 2.24) is 4.90 Å². The minimum absolute atomic E-state index is 0.325. The molecule has 25 heavy (non-hydrogen) atoms. The Morgan fingerprint density at radius 2 is 1.96 bits per heavy atom. The van der Waals surface area contributed by atoms with Crippen LogP contribution in [0, 0.1) is 6.92 Å². The molecule has 0 bridgehead atoms. The highest BCUT2D eigenvalue weighted by atomic mass is 35.5. The maximum atomic E-state index is 11.8. The molecule has 3 aromatic rings. The maximum absolute atomic E-state index is 11.8. The van der Waals surface area contributed by atoms with Gasteiger partial charge in [-0.25, -0.2) is 4.79 Å². The smallest absolute Gasteiger partial charge is 0.336 e. The maximum Gasteiger partial charge on any atom is 0.336 e. The second kappa shape index (κ2) is 7.72. The van der Waals surface area contributed by atoms with Crippen molar-refractivity contribution in [3.63, 3.8) is 0 Å². The number of hydrogen-bond acceptors (Lipinski definition) is 4. The van der Waals surface area contributed by atoms with Crippen LogP contribution in [0.2, 0.25) is 5.02 Å². The highest BCUT2D eigenvalue weighted by Crippen LogP contribution is 2.23. The summed E-state index contributed by atoms with van der Waals surface area (Å²) in [7, 11) is 1.99. The number of ether oxygens (including phenoxy) is 1. The molecule has 5 heteroatoms. The Kier molecular flexibility index (Phi) is 5.41. The van der Waals surface area contributed by atoms with Crippen LogP contribution in [0.5, 0.6) is 5.75 Å². The number of rotatable bonds is 6. The van der Waals surface area contributed by atoms with Crippen LogP contribution < -0.4 is 10.4 Å². The summed E-state index contributed by atoms with van der Waals surface area (Å²) in [6.07, 6.45) is 0. The zero-order valence-electron chi connectivity index (χ0n) is 14.3. The third-order valence-electron chi connectivity index (χ3n) is 3.99. The summed E-state index contributed by atoms with van der Waals surface area (Å²) in [5, 5.41) is 1.57. The number of para-hydroxylation sites is 1. The first-order chi connectivity index (χ1) is 12.0. The van der Waals surface area contributed by atoms with Gasteiger partial charge in [0, 0.05) is 24.5 Å². The third-order valence-corrected chi connectivity index (χ3v) is 4.31. The highest BCUT2D eigenvalue weighted by Gasteiger charge is 2.09. The first-order valence-electron chi connectivity index (χ1n) is 8.12. The van der Waals surface area contributed by atoms with Crippen LogP contribution in [0.1, 0.15) is 11.1 Å². The van der Waals surface area contributed by atoms with E-state index in [-0.39, 0.29) is 5.63 Å². The predicted molar refractivity (Wildman–Crippen MR) is 101 cm³/mol. The third kappa shape index (κ3) is 4.41. The van der Waals surface area contributed by atoms with Gasteiger partial charge in [-0.05, 0) is 43.3 Å². The normalized spacial score (nSPS) is 11.2. The van der Waals surface area contributed by atoms with Crippen molar-refractivity contribution >= 4 is 22.6 Å². The van der Waals surface area contributed by atoms with Gasteiger partial charge >= 0.3 is 5.63 Å². The Morgan fingerprint density at radius 1 is 1.16 bits per heavy atom. The average molecular weight is 358 g/mol. The van der Waals surface area contributed by atoms with E-state index in [1.54, 1.807) is 12.1 Å². The molecule has 3 rings (SSSR count). The zero-order chi connectivity index (χ0) is 17.8. The topological polar surface area (TPSA) is 42.7 Å². The lowest BCUT2D eigenvalue weighted by Crippen LogP contribution is -2.24. The number of nitrogens with zero attached hydrogens (tertiary/aromatic N) is 1. The molecule has 1 aromatic heterocycles. The molecule has 0 fully saturated rings. The second-order valence-corrected chi connectivity index (χ2v) is 6.51. The molecule has 0 N–H and O–H groups in total. The molecule has 0 aliphatic heterocycles. The SMILES string of the molecule is Cc1ccc2c(CN(C)CCOc3ccccc3Cl)cc(=O)oc2c1. The molecule has 130 valence electrons. The molecule has 0 spiro atoms. The van der Waals surface area contributed by atoms with Gasteiger partial charge in [-0.3, -0.25) is 4.90 Å². The number of likely N-dealkylation sites (N-methyl/N-ethyl adjacent to an activating group) is 1. The molecule has 0 atom stereocenters. The summed E-state index contributed by atoms with van der Waals surface area (Å²) >= 11 is 6.08. The van der Waals surface area contributed by atoms with Crippen LogP contribution in [-0.2, 0) is 6.54 Å². The van der Waals surface area contributed by atoms with Crippen LogP contribution in [0.25, 0.3) is 11.0 Å². The van der Waals surface area contributed by atoms with Gasteiger partial charge in [0.2, 0.25) is 0 Å². The Labute approximate surface area is 151 Å². The van der Waals surface area contributed by atoms with Gasteiger partial charge in [-0.1, -0.05) is 35.9 Å². The molecule has 0 saturated carbocycles. The molecule has 0 amide bonds. The summed E-state index contributed by atoms with van der Waals surface area (Å²) in [6.45, 7) is 3.83. The lowest BCUT2D eigenvalue weighted by molar-refractivity contribution is 0.233. The lowest BCUT2D eigenvalue weighted by Gasteiger charge is -2.18. The molecule has 4 nitrogen and oxygen atoms in total. The molecule has 0 unspecified atom stereocenters. The largest absolute Gasteiger partial charge is 0.491 e. The van der Waals surface area contributed by atoms with Crippen LogP contribution in [0.3, 0.4) is 0 Å². The average Bonchev–Trinajstić information content (AvgIpc) is 2.56. The van der Waals surface area contributed by atoms with Gasteiger partial charge in [0.05, 0.1) is 5.02 Å². The molecule has 0 radical (unpaired) electrons. The first kappa shape index (κ1) is 17.5. The van der Waals surface area contributed by atoms with E-state index in [9.17, 15) is 4.79 Å². The number of benzene rings is 2. The van der Waals surface area contributed by atoms with E-state index >= 15 is 0 Å². The predicted octanol–water partition coefficient (Wildman–Crippen LogP) is 4.27. The van der Waals surface area contributed by atoms with E-state index in [2.05, 4.69) is 4.90 Å². The fourth-order valence-electron chi connectivity index (χ4n) is 2.71. The monoisotopic (exact) mass is 357 g/mol. The molecule has 2 aromatic carbocycles. The van der Waals surface area contributed by atoms with Gasteiger partial charge in [-0.2, -0.15) is 0 Å². The summed E-state index contributed by atoms with van der Waals surface area (Å²) in [5.74, 6) is 0.679. The summed E-state index contributed by atoms with van der Waals surface area (Å²) in [4.78, 5) is 13.9. The Morgan fingerprint density at radius 3 is 2.76 bits per heavy atom. The van der Waals surface area contributed by atoms with E-state index in [1.807, 2.05) is 50.4 Å². The van der Waals surface area contributed by atoms with Crippen LogP contribution in [0.15, 0.2) is 57.7 Å². The van der Waals surface area contributed by atoms with Crippen LogP contribution >= 0.6 is 11.6 Å². The van der Waals surface area contributed by atoms with Gasteiger partial charge in [0.25, 0.3) is 0 Å². The molecule has 0 aliphatic rings. The molecular formula is C20H20ClNO3. The van der Waals surface area contributed by atoms with Crippen molar-refractivity contribution in [2.45, 2.75) is 13.5 Å². The number of aryl methyl sites for hydroxylation is 1. The fourth-order valence-corrected chi connectivity index (χ4v) is 2.90. The van der Waals surface area contributed by atoms with Crippen LogP contribution in [-0.4, -0.2) is 25.1 Å². The van der Waals surface area contributed by atoms with Gasteiger partial charge in [0.1, 0.15) is 17.9 Å². The number of halogens is 1. The minimum atomic E-state index is -0.325. The van der Waals surface area contributed by atoms with Crippen molar-refractivity contribution in [1.29, 1.82) is 0 Å². The summed E-state index contributed by atoms with van der Waals surface area (Å²) < 4.78 is 11.0. The van der Waals surface area contributed by atoms with Gasteiger partial charge < -0.3 is 9.15 Å². The molecule has 0 aliphatic carbocycles. The summed E-state index contributed by atoms with van der Waals surface area (Å²) in [5.41, 5.74) is 2.32. The Balaban J connectivity index is 1.67. The van der Waals surface area contributed by atoms with E-state index < -0.39 is 0 Å². The number of hydrogen-bond donors (Lipinski definition) is 0.